The Balaban J connectivity index is 1.72. The third kappa shape index (κ3) is 3.25. The standard InChI is InChI=1S/C17H18N2O2S/c1-21-15-4-2-13(3-5-15)16-12-19(10-11-22-16)17(20)14-6-8-18-9-7-14/h2-9,16H,10-12H2,1H3. The van der Waals surface area contributed by atoms with Crippen molar-refractivity contribution in [3.8, 4) is 5.75 Å². The second kappa shape index (κ2) is 6.83. The summed E-state index contributed by atoms with van der Waals surface area (Å²) in [5.74, 6) is 1.89. The number of benzene rings is 1. The van der Waals surface area contributed by atoms with Crippen molar-refractivity contribution in [2.45, 2.75) is 5.25 Å². The van der Waals surface area contributed by atoms with Crippen LogP contribution in [0.2, 0.25) is 0 Å². The van der Waals surface area contributed by atoms with Crippen LogP contribution in [-0.4, -0.2) is 41.7 Å². The average Bonchev–Trinajstić information content (AvgIpc) is 2.62. The van der Waals surface area contributed by atoms with Crippen molar-refractivity contribution < 1.29 is 9.53 Å². The van der Waals surface area contributed by atoms with E-state index in [0.29, 0.717) is 10.8 Å². The number of thioether (sulfide) groups is 1. The highest BCUT2D eigenvalue weighted by molar-refractivity contribution is 7.99. The van der Waals surface area contributed by atoms with E-state index >= 15 is 0 Å². The third-order valence-electron chi connectivity index (χ3n) is 3.77. The monoisotopic (exact) mass is 314 g/mol. The van der Waals surface area contributed by atoms with Gasteiger partial charge in [0.15, 0.2) is 0 Å². The Kier molecular flexibility index (Phi) is 4.63. The minimum absolute atomic E-state index is 0.0845. The van der Waals surface area contributed by atoms with Crippen LogP contribution in [0.4, 0.5) is 0 Å². The highest BCUT2D eigenvalue weighted by atomic mass is 32.2. The number of pyridine rings is 1. The van der Waals surface area contributed by atoms with Crippen molar-refractivity contribution in [2.24, 2.45) is 0 Å². The van der Waals surface area contributed by atoms with Gasteiger partial charge in [0.25, 0.3) is 5.91 Å². The van der Waals surface area contributed by atoms with Crippen molar-refractivity contribution in [3.05, 3.63) is 59.9 Å². The molecule has 5 heteroatoms. The summed E-state index contributed by atoms with van der Waals surface area (Å²) in [6.07, 6.45) is 3.32. The van der Waals surface area contributed by atoms with Gasteiger partial charge in [0, 0.05) is 42.0 Å². The maximum atomic E-state index is 12.5. The quantitative estimate of drug-likeness (QED) is 0.873. The number of aromatic nitrogens is 1. The van der Waals surface area contributed by atoms with Crippen molar-refractivity contribution in [3.63, 3.8) is 0 Å². The first-order valence-corrected chi connectivity index (χ1v) is 8.27. The number of rotatable bonds is 3. The topological polar surface area (TPSA) is 42.4 Å². The summed E-state index contributed by atoms with van der Waals surface area (Å²) in [4.78, 5) is 18.4. The number of nitrogens with zero attached hydrogens (tertiary/aromatic N) is 2. The molecule has 0 aliphatic carbocycles. The molecule has 1 fully saturated rings. The maximum absolute atomic E-state index is 12.5. The molecule has 1 atom stereocenters. The number of amides is 1. The van der Waals surface area contributed by atoms with E-state index in [1.807, 2.05) is 28.8 Å². The molecule has 1 amide bonds. The summed E-state index contributed by atoms with van der Waals surface area (Å²) in [7, 11) is 1.67. The number of carbonyl (C=O) groups is 1. The van der Waals surface area contributed by atoms with Gasteiger partial charge in [-0.3, -0.25) is 9.78 Å². The van der Waals surface area contributed by atoms with E-state index in [9.17, 15) is 4.79 Å². The minimum Gasteiger partial charge on any atom is -0.497 e. The largest absolute Gasteiger partial charge is 0.497 e. The van der Waals surface area contributed by atoms with Gasteiger partial charge in [-0.25, -0.2) is 0 Å². The van der Waals surface area contributed by atoms with Crippen LogP contribution >= 0.6 is 11.8 Å². The Bertz CT molecular complexity index is 631. The van der Waals surface area contributed by atoms with Crippen LogP contribution in [0.5, 0.6) is 5.75 Å². The smallest absolute Gasteiger partial charge is 0.254 e. The molecule has 0 bridgehead atoms. The van der Waals surface area contributed by atoms with Gasteiger partial charge in [0.2, 0.25) is 0 Å². The van der Waals surface area contributed by atoms with Crippen molar-refractivity contribution in [2.75, 3.05) is 26.0 Å². The highest BCUT2D eigenvalue weighted by Gasteiger charge is 2.25. The fourth-order valence-corrected chi connectivity index (χ4v) is 3.78. The highest BCUT2D eigenvalue weighted by Crippen LogP contribution is 2.34. The molecule has 2 heterocycles. The molecule has 4 nitrogen and oxygen atoms in total. The van der Waals surface area contributed by atoms with E-state index in [2.05, 4.69) is 17.1 Å². The van der Waals surface area contributed by atoms with Gasteiger partial charge in [-0.15, -0.1) is 0 Å². The molecule has 1 aromatic carbocycles. The summed E-state index contributed by atoms with van der Waals surface area (Å²) >= 11 is 1.90. The lowest BCUT2D eigenvalue weighted by Gasteiger charge is -2.32. The lowest BCUT2D eigenvalue weighted by molar-refractivity contribution is 0.0761. The Labute approximate surface area is 134 Å². The fraction of sp³-hybridized carbons (Fsp3) is 0.294. The Hall–Kier alpha value is -2.01. The van der Waals surface area contributed by atoms with E-state index in [1.165, 1.54) is 5.56 Å². The molecule has 1 saturated heterocycles. The van der Waals surface area contributed by atoms with Crippen LogP contribution in [0.3, 0.4) is 0 Å². The lowest BCUT2D eigenvalue weighted by atomic mass is 10.1. The van der Waals surface area contributed by atoms with Gasteiger partial charge in [0.05, 0.1) is 7.11 Å². The first kappa shape index (κ1) is 14.9. The van der Waals surface area contributed by atoms with Gasteiger partial charge in [-0.2, -0.15) is 11.8 Å². The number of ether oxygens (including phenoxy) is 1. The van der Waals surface area contributed by atoms with Crippen molar-refractivity contribution in [1.29, 1.82) is 0 Å². The molecule has 22 heavy (non-hydrogen) atoms. The van der Waals surface area contributed by atoms with Gasteiger partial charge in [0.1, 0.15) is 5.75 Å². The number of hydrogen-bond acceptors (Lipinski definition) is 4. The predicted octanol–water partition coefficient (Wildman–Crippen LogP) is 3.02. The van der Waals surface area contributed by atoms with Gasteiger partial charge < -0.3 is 9.64 Å². The summed E-state index contributed by atoms with van der Waals surface area (Å²) in [5.41, 5.74) is 1.94. The maximum Gasteiger partial charge on any atom is 0.254 e. The van der Waals surface area contributed by atoms with Crippen molar-refractivity contribution in [1.82, 2.24) is 9.88 Å². The molecule has 0 N–H and O–H groups in total. The van der Waals surface area contributed by atoms with Gasteiger partial charge >= 0.3 is 0 Å². The van der Waals surface area contributed by atoms with E-state index < -0.39 is 0 Å². The van der Waals surface area contributed by atoms with E-state index in [0.717, 1.165) is 24.6 Å². The molecule has 3 rings (SSSR count). The van der Waals surface area contributed by atoms with Crippen LogP contribution in [0.25, 0.3) is 0 Å². The zero-order valence-corrected chi connectivity index (χ0v) is 13.3. The normalized spacial score (nSPS) is 18.0. The van der Waals surface area contributed by atoms with Gasteiger partial charge in [-0.05, 0) is 29.8 Å². The molecule has 1 aromatic heterocycles. The molecule has 1 aliphatic rings. The SMILES string of the molecule is COc1ccc(C2CN(C(=O)c3ccncc3)CCS2)cc1. The summed E-state index contributed by atoms with van der Waals surface area (Å²) in [6, 6.07) is 11.6. The summed E-state index contributed by atoms with van der Waals surface area (Å²) in [6.45, 7) is 1.52. The van der Waals surface area contributed by atoms with Crippen LogP contribution in [0.15, 0.2) is 48.8 Å². The first-order valence-electron chi connectivity index (χ1n) is 7.23. The molecular formula is C17H18N2O2S. The van der Waals surface area contributed by atoms with Crippen molar-refractivity contribution >= 4 is 17.7 Å². The Morgan fingerprint density at radius 1 is 1.23 bits per heavy atom. The summed E-state index contributed by atoms with van der Waals surface area (Å²) in [5, 5.41) is 0.311. The van der Waals surface area contributed by atoms with Crippen LogP contribution < -0.4 is 4.74 Å². The third-order valence-corrected chi connectivity index (χ3v) is 5.01. The van der Waals surface area contributed by atoms with Crippen LogP contribution in [-0.2, 0) is 0 Å². The second-order valence-corrected chi connectivity index (χ2v) is 6.43. The fourth-order valence-electron chi connectivity index (χ4n) is 2.53. The molecule has 1 unspecified atom stereocenters. The molecule has 114 valence electrons. The molecule has 1 aliphatic heterocycles. The number of carbonyl (C=O) groups excluding carboxylic acids is 1. The minimum atomic E-state index is 0.0845. The molecule has 2 aromatic rings. The average molecular weight is 314 g/mol. The number of methoxy groups -OCH3 is 1. The summed E-state index contributed by atoms with van der Waals surface area (Å²) < 4.78 is 5.20. The van der Waals surface area contributed by atoms with Gasteiger partial charge in [-0.1, -0.05) is 12.1 Å². The molecular weight excluding hydrogens is 296 g/mol. The van der Waals surface area contributed by atoms with E-state index in [-0.39, 0.29) is 5.91 Å². The van der Waals surface area contributed by atoms with Crippen LogP contribution in [0.1, 0.15) is 21.2 Å². The number of hydrogen-bond donors (Lipinski definition) is 0. The van der Waals surface area contributed by atoms with E-state index in [1.54, 1.807) is 31.6 Å². The zero-order chi connectivity index (χ0) is 15.4. The predicted molar refractivity (Wildman–Crippen MR) is 88.3 cm³/mol. The zero-order valence-electron chi connectivity index (χ0n) is 12.4. The molecule has 0 saturated carbocycles. The lowest BCUT2D eigenvalue weighted by Crippen LogP contribution is -2.39. The first-order chi connectivity index (χ1) is 10.8. The molecule has 0 radical (unpaired) electrons. The van der Waals surface area contributed by atoms with Crippen LogP contribution in [0, 0.1) is 0 Å². The van der Waals surface area contributed by atoms with E-state index in [4.69, 9.17) is 4.74 Å². The Morgan fingerprint density at radius 2 is 1.95 bits per heavy atom. The second-order valence-electron chi connectivity index (χ2n) is 5.12. The Morgan fingerprint density at radius 3 is 2.64 bits per heavy atom. The molecule has 0 spiro atoms.